The molecule has 128 valence electrons. The zero-order valence-electron chi connectivity index (χ0n) is 13.6. The van der Waals surface area contributed by atoms with E-state index < -0.39 is 10.5 Å². The van der Waals surface area contributed by atoms with Crippen LogP contribution < -0.4 is 5.32 Å². The Bertz CT molecular complexity index is 845. The van der Waals surface area contributed by atoms with Crippen LogP contribution in [0, 0.1) is 10.1 Å². The van der Waals surface area contributed by atoms with E-state index in [0.717, 1.165) is 11.1 Å². The van der Waals surface area contributed by atoms with Crippen molar-refractivity contribution in [3.05, 3.63) is 82.2 Å². The molecule has 0 aliphatic carbocycles. The number of hydrogen-bond acceptors (Lipinski definition) is 5. The van der Waals surface area contributed by atoms with Crippen LogP contribution >= 0.6 is 0 Å². The Morgan fingerprint density at radius 2 is 1.72 bits per heavy atom. The Kier molecular flexibility index (Phi) is 4.60. The van der Waals surface area contributed by atoms with Crippen LogP contribution in [-0.2, 0) is 5.60 Å². The molecule has 1 heterocycles. The number of nitrogens with one attached hydrogen (secondary N) is 2. The molecule has 2 aromatic carbocycles. The quantitative estimate of drug-likeness (QED) is 0.473. The molecule has 1 atom stereocenters. The maximum Gasteiger partial charge on any atom is 0.269 e. The molecule has 25 heavy (non-hydrogen) atoms. The fourth-order valence-corrected chi connectivity index (χ4v) is 2.83. The van der Waals surface area contributed by atoms with Crippen LogP contribution in [0.15, 0.2) is 60.9 Å². The lowest BCUT2D eigenvalue weighted by Crippen LogP contribution is -2.37. The Hall–Kier alpha value is -3.03. The Morgan fingerprint density at radius 3 is 2.20 bits per heavy atom. The molecule has 0 spiro atoms. The molecule has 3 aromatic rings. The lowest BCUT2D eigenvalue weighted by Gasteiger charge is -2.29. The van der Waals surface area contributed by atoms with Gasteiger partial charge in [-0.25, -0.2) is 0 Å². The molecule has 1 unspecified atom stereocenters. The van der Waals surface area contributed by atoms with Gasteiger partial charge in [0.05, 0.1) is 11.1 Å². The molecule has 3 N–H and O–H groups in total. The molecular weight excluding hydrogens is 320 g/mol. The van der Waals surface area contributed by atoms with Crippen molar-refractivity contribution >= 4 is 5.69 Å². The summed E-state index contributed by atoms with van der Waals surface area (Å²) in [6.45, 7) is 0.274. The number of nitro groups is 1. The van der Waals surface area contributed by atoms with E-state index >= 15 is 0 Å². The number of aromatic amines is 1. The largest absolute Gasteiger partial charge is 0.379 e. The van der Waals surface area contributed by atoms with Crippen molar-refractivity contribution in [2.75, 3.05) is 13.6 Å². The zero-order valence-corrected chi connectivity index (χ0v) is 13.6. The Morgan fingerprint density at radius 1 is 1.12 bits per heavy atom. The van der Waals surface area contributed by atoms with Gasteiger partial charge in [-0.3, -0.25) is 15.2 Å². The number of rotatable bonds is 6. The van der Waals surface area contributed by atoms with Gasteiger partial charge in [0.25, 0.3) is 5.69 Å². The summed E-state index contributed by atoms with van der Waals surface area (Å²) < 4.78 is 0. The first-order valence-corrected chi connectivity index (χ1v) is 7.76. The van der Waals surface area contributed by atoms with Crippen molar-refractivity contribution < 1.29 is 10.0 Å². The van der Waals surface area contributed by atoms with E-state index in [4.69, 9.17) is 0 Å². The summed E-state index contributed by atoms with van der Waals surface area (Å²) in [5, 5.41) is 31.8. The molecule has 7 heteroatoms. The van der Waals surface area contributed by atoms with Gasteiger partial charge in [-0.2, -0.15) is 5.10 Å². The normalized spacial score (nSPS) is 13.4. The van der Waals surface area contributed by atoms with E-state index in [2.05, 4.69) is 15.5 Å². The lowest BCUT2D eigenvalue weighted by molar-refractivity contribution is -0.384. The van der Waals surface area contributed by atoms with Crippen molar-refractivity contribution in [3.8, 4) is 11.1 Å². The van der Waals surface area contributed by atoms with Crippen molar-refractivity contribution in [2.24, 2.45) is 0 Å². The number of nitro benzene ring substituents is 1. The average Bonchev–Trinajstić information content (AvgIpc) is 3.17. The predicted octanol–water partition coefficient (Wildman–Crippen LogP) is 2.44. The number of nitrogens with zero attached hydrogens (tertiary/aromatic N) is 2. The highest BCUT2D eigenvalue weighted by Gasteiger charge is 2.31. The van der Waals surface area contributed by atoms with E-state index in [0.29, 0.717) is 11.1 Å². The number of aromatic nitrogens is 2. The van der Waals surface area contributed by atoms with E-state index in [9.17, 15) is 15.2 Å². The second-order valence-electron chi connectivity index (χ2n) is 5.76. The molecule has 7 nitrogen and oxygen atoms in total. The SMILES string of the molecule is CNCC(O)(c1ccc(-c2cn[nH]c2)cc1)c1ccc([N+](=O)[O-])cc1. The molecule has 0 radical (unpaired) electrons. The topological polar surface area (TPSA) is 104 Å². The van der Waals surface area contributed by atoms with Crippen LogP contribution in [0.2, 0.25) is 0 Å². The minimum atomic E-state index is -1.29. The second kappa shape index (κ2) is 6.84. The molecule has 3 rings (SSSR count). The molecule has 0 bridgehead atoms. The van der Waals surface area contributed by atoms with Crippen molar-refractivity contribution in [3.63, 3.8) is 0 Å². The zero-order chi connectivity index (χ0) is 17.9. The number of likely N-dealkylation sites (N-methyl/N-ethyl adjacent to an activating group) is 1. The van der Waals surface area contributed by atoms with Gasteiger partial charge in [-0.05, 0) is 35.9 Å². The summed E-state index contributed by atoms with van der Waals surface area (Å²) in [7, 11) is 1.75. The molecular formula is C18H18N4O3. The van der Waals surface area contributed by atoms with Gasteiger partial charge in [0.1, 0.15) is 5.60 Å². The third-order valence-corrected chi connectivity index (χ3v) is 4.18. The first kappa shape index (κ1) is 16.8. The molecule has 1 aromatic heterocycles. The van der Waals surface area contributed by atoms with Crippen LogP contribution in [0.3, 0.4) is 0 Å². The summed E-state index contributed by atoms with van der Waals surface area (Å²) in [4.78, 5) is 10.4. The average molecular weight is 338 g/mol. The van der Waals surface area contributed by atoms with Crippen molar-refractivity contribution in [1.82, 2.24) is 15.5 Å². The minimum Gasteiger partial charge on any atom is -0.379 e. The third-order valence-electron chi connectivity index (χ3n) is 4.18. The molecule has 0 saturated heterocycles. The van der Waals surface area contributed by atoms with Crippen LogP contribution in [0.1, 0.15) is 11.1 Å². The highest BCUT2D eigenvalue weighted by molar-refractivity contribution is 5.62. The highest BCUT2D eigenvalue weighted by Crippen LogP contribution is 2.31. The van der Waals surface area contributed by atoms with Crippen molar-refractivity contribution in [1.29, 1.82) is 0 Å². The summed E-state index contributed by atoms with van der Waals surface area (Å²) in [5.41, 5.74) is 1.92. The number of benzene rings is 2. The van der Waals surface area contributed by atoms with Gasteiger partial charge < -0.3 is 10.4 Å². The minimum absolute atomic E-state index is 0.00846. The fourth-order valence-electron chi connectivity index (χ4n) is 2.83. The summed E-state index contributed by atoms with van der Waals surface area (Å²) in [5.74, 6) is 0. The third kappa shape index (κ3) is 3.28. The van der Waals surface area contributed by atoms with E-state index in [-0.39, 0.29) is 12.2 Å². The van der Waals surface area contributed by atoms with E-state index in [1.54, 1.807) is 31.6 Å². The first-order valence-electron chi connectivity index (χ1n) is 7.76. The molecule has 0 saturated carbocycles. The number of hydrogen-bond donors (Lipinski definition) is 3. The van der Waals surface area contributed by atoms with Crippen molar-refractivity contribution in [2.45, 2.75) is 5.60 Å². The molecule has 0 aliphatic rings. The van der Waals surface area contributed by atoms with Gasteiger partial charge in [0.2, 0.25) is 0 Å². The molecule has 0 amide bonds. The van der Waals surface area contributed by atoms with E-state index in [1.807, 2.05) is 24.3 Å². The maximum atomic E-state index is 11.3. The Labute approximate surface area is 144 Å². The maximum absolute atomic E-state index is 11.3. The fraction of sp³-hybridized carbons (Fsp3) is 0.167. The van der Waals surface area contributed by atoms with E-state index in [1.165, 1.54) is 12.1 Å². The number of aliphatic hydroxyl groups is 1. The smallest absolute Gasteiger partial charge is 0.269 e. The van der Waals surface area contributed by atoms with Crippen LogP contribution in [-0.4, -0.2) is 33.8 Å². The first-order chi connectivity index (χ1) is 12.0. The van der Waals surface area contributed by atoms with Gasteiger partial charge in [-0.1, -0.05) is 24.3 Å². The Balaban J connectivity index is 1.97. The monoisotopic (exact) mass is 338 g/mol. The van der Waals surface area contributed by atoms with Crippen LogP contribution in [0.4, 0.5) is 5.69 Å². The summed E-state index contributed by atoms with van der Waals surface area (Å²) in [6, 6.07) is 13.5. The highest BCUT2D eigenvalue weighted by atomic mass is 16.6. The standard InChI is InChI=1S/C18H18N4O3/c1-19-12-18(23,16-6-8-17(9-7-16)22(24)25)15-4-2-13(3-5-15)14-10-20-21-11-14/h2-11,19,23H,12H2,1H3,(H,20,21). The van der Waals surface area contributed by atoms with Gasteiger partial charge in [0.15, 0.2) is 0 Å². The predicted molar refractivity (Wildman–Crippen MR) is 94.0 cm³/mol. The van der Waals surface area contributed by atoms with Crippen LogP contribution in [0.25, 0.3) is 11.1 Å². The van der Waals surface area contributed by atoms with Gasteiger partial charge in [0, 0.05) is 30.4 Å². The van der Waals surface area contributed by atoms with Gasteiger partial charge >= 0.3 is 0 Å². The number of H-pyrrole nitrogens is 1. The second-order valence-corrected chi connectivity index (χ2v) is 5.76. The van der Waals surface area contributed by atoms with Gasteiger partial charge in [-0.15, -0.1) is 0 Å². The number of non-ortho nitro benzene ring substituents is 1. The summed E-state index contributed by atoms with van der Waals surface area (Å²) >= 11 is 0. The molecule has 0 aliphatic heterocycles. The lowest BCUT2D eigenvalue weighted by atomic mass is 9.85. The summed E-state index contributed by atoms with van der Waals surface area (Å²) in [6.07, 6.45) is 3.52. The molecule has 0 fully saturated rings. The van der Waals surface area contributed by atoms with Crippen LogP contribution in [0.5, 0.6) is 0 Å².